The SMILES string of the molecule is COC(=O)[C@@](NC(=O)c1ccccc1Cl)(Nc1ccc(Br)c[nH+]1)C(F)(F)F. The van der Waals surface area contributed by atoms with Gasteiger partial charge < -0.3 is 4.74 Å². The molecule has 3 N–H and O–H groups in total. The molecule has 1 heterocycles. The number of aromatic amines is 1. The molecule has 0 aliphatic carbocycles. The average molecular weight is 468 g/mol. The van der Waals surface area contributed by atoms with Crippen LogP contribution in [0.4, 0.5) is 19.0 Å². The minimum Gasteiger partial charge on any atom is -0.464 e. The van der Waals surface area contributed by atoms with E-state index in [4.69, 9.17) is 11.6 Å². The summed E-state index contributed by atoms with van der Waals surface area (Å²) in [5, 5.41) is 3.58. The number of esters is 1. The molecule has 6 nitrogen and oxygen atoms in total. The third-order valence-electron chi connectivity index (χ3n) is 3.43. The first kappa shape index (κ1) is 21.0. The van der Waals surface area contributed by atoms with E-state index in [0.29, 0.717) is 4.47 Å². The lowest BCUT2D eigenvalue weighted by Gasteiger charge is -2.30. The molecule has 0 saturated carbocycles. The van der Waals surface area contributed by atoms with E-state index in [9.17, 15) is 22.8 Å². The van der Waals surface area contributed by atoms with Crippen LogP contribution in [-0.4, -0.2) is 30.8 Å². The molecule has 0 fully saturated rings. The summed E-state index contributed by atoms with van der Waals surface area (Å²) in [6.45, 7) is 0. The number of aromatic nitrogens is 1. The van der Waals surface area contributed by atoms with Crippen LogP contribution < -0.4 is 15.6 Å². The zero-order chi connectivity index (χ0) is 20.2. The van der Waals surface area contributed by atoms with Gasteiger partial charge in [-0.3, -0.25) is 10.1 Å². The van der Waals surface area contributed by atoms with Crippen LogP contribution in [0, 0.1) is 0 Å². The van der Waals surface area contributed by atoms with E-state index in [1.165, 1.54) is 42.6 Å². The van der Waals surface area contributed by atoms with Crippen molar-refractivity contribution in [2.75, 3.05) is 12.4 Å². The van der Waals surface area contributed by atoms with Crippen molar-refractivity contribution < 1.29 is 32.5 Å². The predicted molar refractivity (Wildman–Crippen MR) is 94.0 cm³/mol. The van der Waals surface area contributed by atoms with Crippen LogP contribution in [-0.2, 0) is 9.53 Å². The Kier molecular flexibility index (Phi) is 6.32. The van der Waals surface area contributed by atoms with Crippen LogP contribution in [0.1, 0.15) is 10.4 Å². The summed E-state index contributed by atoms with van der Waals surface area (Å²) >= 11 is 8.99. The fourth-order valence-corrected chi connectivity index (χ4v) is 2.58. The number of anilines is 1. The van der Waals surface area contributed by atoms with E-state index in [1.807, 2.05) is 5.32 Å². The molecule has 0 radical (unpaired) electrons. The highest BCUT2D eigenvalue weighted by molar-refractivity contribution is 9.10. The second-order valence-corrected chi connectivity index (χ2v) is 6.54. The van der Waals surface area contributed by atoms with Crippen LogP contribution in [0.3, 0.4) is 0 Å². The summed E-state index contributed by atoms with van der Waals surface area (Å²) in [7, 11) is 0.775. The van der Waals surface area contributed by atoms with E-state index >= 15 is 0 Å². The van der Waals surface area contributed by atoms with Gasteiger partial charge in [0.1, 0.15) is 6.20 Å². The number of alkyl halides is 3. The summed E-state index contributed by atoms with van der Waals surface area (Å²) in [6.07, 6.45) is -3.91. The van der Waals surface area contributed by atoms with Crippen molar-refractivity contribution in [1.82, 2.24) is 5.32 Å². The Hall–Kier alpha value is -2.33. The van der Waals surface area contributed by atoms with Gasteiger partial charge in [-0.2, -0.15) is 13.2 Å². The van der Waals surface area contributed by atoms with Crippen molar-refractivity contribution in [2.24, 2.45) is 0 Å². The molecule has 2 rings (SSSR count). The quantitative estimate of drug-likeness (QED) is 0.523. The van der Waals surface area contributed by atoms with Crippen LogP contribution in [0.5, 0.6) is 0 Å². The number of hydrogen-bond donors (Lipinski definition) is 2. The zero-order valence-corrected chi connectivity index (χ0v) is 16.0. The maximum atomic E-state index is 13.9. The Bertz CT molecular complexity index is 849. The molecule has 0 saturated heterocycles. The van der Waals surface area contributed by atoms with Gasteiger partial charge in [-0.25, -0.2) is 15.1 Å². The highest BCUT2D eigenvalue weighted by Gasteiger charge is 2.67. The highest BCUT2D eigenvalue weighted by Crippen LogP contribution is 2.33. The minimum absolute atomic E-state index is 0.0776. The van der Waals surface area contributed by atoms with Crippen molar-refractivity contribution >= 4 is 45.2 Å². The Balaban J connectivity index is 2.50. The molecule has 0 aliphatic heterocycles. The number of pyridine rings is 1. The van der Waals surface area contributed by atoms with Gasteiger partial charge in [0.15, 0.2) is 0 Å². The normalized spacial score (nSPS) is 13.4. The number of rotatable bonds is 5. The maximum Gasteiger partial charge on any atom is 0.464 e. The van der Waals surface area contributed by atoms with Gasteiger partial charge in [-0.15, -0.1) is 0 Å². The standard InChI is InChI=1S/C16H12BrClF3N3O3/c1-27-14(26)15(16(19,20)21,23-12-7-6-9(17)8-22-12)24-13(25)10-4-2-3-5-11(10)18/h2-8H,1H3,(H,22,23)(H,24,25)/p+1/t15-/m0/s1. The van der Waals surface area contributed by atoms with Crippen molar-refractivity contribution in [3.05, 3.63) is 57.7 Å². The summed E-state index contributed by atoms with van der Waals surface area (Å²) in [5.41, 5.74) is -3.79. The summed E-state index contributed by atoms with van der Waals surface area (Å²) in [6, 6.07) is 8.17. The molecule has 0 unspecified atom stereocenters. The largest absolute Gasteiger partial charge is 0.464 e. The molecule has 1 atom stereocenters. The lowest BCUT2D eigenvalue weighted by molar-refractivity contribution is -0.363. The Morgan fingerprint density at radius 2 is 1.85 bits per heavy atom. The van der Waals surface area contributed by atoms with Crippen LogP contribution in [0.25, 0.3) is 0 Å². The number of H-pyrrole nitrogens is 1. The maximum absolute atomic E-state index is 13.9. The first-order valence-corrected chi connectivity index (χ1v) is 8.45. The lowest BCUT2D eigenvalue weighted by Crippen LogP contribution is -2.69. The highest BCUT2D eigenvalue weighted by atomic mass is 79.9. The molecule has 27 heavy (non-hydrogen) atoms. The number of methoxy groups -OCH3 is 1. The monoisotopic (exact) mass is 466 g/mol. The van der Waals surface area contributed by atoms with Gasteiger partial charge >= 0.3 is 17.8 Å². The summed E-state index contributed by atoms with van der Waals surface area (Å²) in [4.78, 5) is 27.1. The zero-order valence-electron chi connectivity index (χ0n) is 13.7. The number of carbonyl (C=O) groups is 2. The van der Waals surface area contributed by atoms with Crippen LogP contribution in [0.2, 0.25) is 5.02 Å². The van der Waals surface area contributed by atoms with Gasteiger partial charge in [0.05, 0.1) is 22.2 Å². The minimum atomic E-state index is -5.25. The second-order valence-electron chi connectivity index (χ2n) is 5.22. The number of benzene rings is 1. The van der Waals surface area contributed by atoms with E-state index in [0.717, 1.165) is 7.11 Å². The summed E-state index contributed by atoms with van der Waals surface area (Å²) < 4.78 is 46.6. The molecule has 144 valence electrons. The Morgan fingerprint density at radius 1 is 1.19 bits per heavy atom. The molecule has 1 aromatic heterocycles. The third-order valence-corrected chi connectivity index (χ3v) is 4.26. The van der Waals surface area contributed by atoms with Gasteiger partial charge in [0.2, 0.25) is 0 Å². The molecule has 11 heteroatoms. The Morgan fingerprint density at radius 3 is 2.37 bits per heavy atom. The predicted octanol–water partition coefficient (Wildman–Crippen LogP) is 3.19. The van der Waals surface area contributed by atoms with Crippen molar-refractivity contribution in [1.29, 1.82) is 0 Å². The first-order valence-electron chi connectivity index (χ1n) is 7.28. The number of nitrogens with one attached hydrogen (secondary N) is 3. The molecular weight excluding hydrogens is 455 g/mol. The van der Waals surface area contributed by atoms with Gasteiger partial charge in [0, 0.05) is 6.07 Å². The molecular formula is C16H13BrClF3N3O3+. The number of ether oxygens (including phenoxy) is 1. The lowest BCUT2D eigenvalue weighted by atomic mass is 10.1. The molecule has 0 bridgehead atoms. The smallest absolute Gasteiger partial charge is 0.464 e. The van der Waals surface area contributed by atoms with Crippen LogP contribution >= 0.6 is 27.5 Å². The molecule has 0 spiro atoms. The molecule has 0 aliphatic rings. The van der Waals surface area contributed by atoms with Crippen molar-refractivity contribution in [3.63, 3.8) is 0 Å². The number of amides is 1. The van der Waals surface area contributed by atoms with E-state index in [1.54, 1.807) is 5.32 Å². The molecule has 2 aromatic rings. The summed E-state index contributed by atoms with van der Waals surface area (Å²) in [5.74, 6) is -3.17. The van der Waals surface area contributed by atoms with Gasteiger partial charge in [-0.1, -0.05) is 23.7 Å². The van der Waals surface area contributed by atoms with E-state index in [2.05, 4.69) is 25.7 Å². The number of hydrogen-bond acceptors (Lipinski definition) is 4. The fraction of sp³-hybridized carbons (Fsp3) is 0.188. The van der Waals surface area contributed by atoms with Crippen molar-refractivity contribution in [3.8, 4) is 0 Å². The average Bonchev–Trinajstić information content (AvgIpc) is 2.61. The second kappa shape index (κ2) is 8.13. The topological polar surface area (TPSA) is 81.6 Å². The fourth-order valence-electron chi connectivity index (χ4n) is 2.11. The number of halogens is 5. The van der Waals surface area contributed by atoms with Gasteiger partial charge in [0.25, 0.3) is 11.7 Å². The van der Waals surface area contributed by atoms with E-state index in [-0.39, 0.29) is 16.4 Å². The first-order chi connectivity index (χ1) is 12.6. The Labute approximate surface area is 165 Å². The molecule has 1 amide bonds. The number of carbonyl (C=O) groups excluding carboxylic acids is 2. The van der Waals surface area contributed by atoms with Gasteiger partial charge in [-0.05, 0) is 34.1 Å². The third kappa shape index (κ3) is 4.51. The molecule has 1 aromatic carbocycles. The van der Waals surface area contributed by atoms with Crippen LogP contribution in [0.15, 0.2) is 47.1 Å². The van der Waals surface area contributed by atoms with E-state index < -0.39 is 23.7 Å². The van der Waals surface area contributed by atoms with Crippen molar-refractivity contribution in [2.45, 2.75) is 11.8 Å².